The van der Waals surface area contributed by atoms with Crippen LogP contribution in [-0.4, -0.2) is 4.57 Å². The van der Waals surface area contributed by atoms with Crippen molar-refractivity contribution in [2.24, 2.45) is 12.8 Å². The summed E-state index contributed by atoms with van der Waals surface area (Å²) in [7, 11) is 1.76. The zero-order valence-corrected chi connectivity index (χ0v) is 12.5. The van der Waals surface area contributed by atoms with E-state index >= 15 is 0 Å². The first kappa shape index (κ1) is 14.5. The maximum Gasteiger partial charge on any atom is 0.194 e. The van der Waals surface area contributed by atoms with Crippen LogP contribution in [0.1, 0.15) is 18.5 Å². The number of aromatic nitrogens is 1. The molecular formula is C18H17FN2O. The first-order valence-electron chi connectivity index (χ1n) is 7.14. The fraction of sp³-hybridized carbons (Fsp3) is 0.167. The number of hydrogen-bond acceptors (Lipinski definition) is 2. The molecule has 2 N–H and O–H groups in total. The summed E-state index contributed by atoms with van der Waals surface area (Å²) in [5.41, 5.74) is 8.16. The summed E-state index contributed by atoms with van der Waals surface area (Å²) in [6, 6.07) is 13.6. The fourth-order valence-electron chi connectivity index (χ4n) is 2.95. The molecule has 1 heterocycles. The Morgan fingerprint density at radius 1 is 1.09 bits per heavy atom. The highest BCUT2D eigenvalue weighted by molar-refractivity contribution is 5.85. The molecule has 2 aromatic carbocycles. The zero-order chi connectivity index (χ0) is 15.9. The van der Waals surface area contributed by atoms with E-state index in [1.165, 1.54) is 6.07 Å². The second-order valence-electron chi connectivity index (χ2n) is 5.44. The lowest BCUT2D eigenvalue weighted by Gasteiger charge is -2.19. The Labute approximate surface area is 127 Å². The summed E-state index contributed by atoms with van der Waals surface area (Å²) >= 11 is 0. The normalized spacial score (nSPS) is 12.5. The summed E-state index contributed by atoms with van der Waals surface area (Å²) in [4.78, 5) is 12.8. The number of aryl methyl sites for hydroxylation is 1. The molecule has 0 aliphatic heterocycles. The Hall–Kier alpha value is -2.46. The largest absolute Gasteiger partial charge is 0.341 e. The quantitative estimate of drug-likeness (QED) is 0.788. The van der Waals surface area contributed by atoms with Gasteiger partial charge in [0, 0.05) is 24.0 Å². The zero-order valence-electron chi connectivity index (χ0n) is 12.5. The van der Waals surface area contributed by atoms with E-state index in [2.05, 4.69) is 0 Å². The van der Waals surface area contributed by atoms with Gasteiger partial charge >= 0.3 is 0 Å². The molecule has 22 heavy (non-hydrogen) atoms. The van der Waals surface area contributed by atoms with Crippen LogP contribution in [0.25, 0.3) is 22.2 Å². The Balaban J connectivity index is 2.55. The van der Waals surface area contributed by atoms with Crippen LogP contribution in [0.3, 0.4) is 0 Å². The van der Waals surface area contributed by atoms with Crippen LogP contribution in [0.15, 0.2) is 53.3 Å². The lowest BCUT2D eigenvalue weighted by molar-refractivity contribution is 0.630. The van der Waals surface area contributed by atoms with Gasteiger partial charge < -0.3 is 10.3 Å². The number of pyridine rings is 1. The Kier molecular flexibility index (Phi) is 3.54. The van der Waals surface area contributed by atoms with Crippen molar-refractivity contribution in [2.75, 3.05) is 0 Å². The van der Waals surface area contributed by atoms with E-state index in [9.17, 15) is 9.18 Å². The molecule has 3 nitrogen and oxygen atoms in total. The van der Waals surface area contributed by atoms with Crippen molar-refractivity contribution >= 4 is 10.9 Å². The van der Waals surface area contributed by atoms with Crippen LogP contribution in [0.2, 0.25) is 0 Å². The number of nitrogens with zero attached hydrogens (tertiary/aromatic N) is 1. The topological polar surface area (TPSA) is 48.0 Å². The fourth-order valence-corrected chi connectivity index (χ4v) is 2.95. The van der Waals surface area contributed by atoms with E-state index in [-0.39, 0.29) is 5.43 Å². The van der Waals surface area contributed by atoms with Crippen molar-refractivity contribution in [3.63, 3.8) is 0 Å². The highest BCUT2D eigenvalue weighted by Crippen LogP contribution is 2.29. The van der Waals surface area contributed by atoms with Crippen molar-refractivity contribution in [1.82, 2.24) is 4.57 Å². The predicted octanol–water partition coefficient (Wildman–Crippen LogP) is 3.36. The van der Waals surface area contributed by atoms with Crippen molar-refractivity contribution < 1.29 is 4.39 Å². The van der Waals surface area contributed by atoms with E-state index in [4.69, 9.17) is 5.73 Å². The smallest absolute Gasteiger partial charge is 0.194 e. The van der Waals surface area contributed by atoms with Crippen LogP contribution in [-0.2, 0) is 7.05 Å². The summed E-state index contributed by atoms with van der Waals surface area (Å²) in [5, 5.41) is 0.356. The molecular weight excluding hydrogens is 279 g/mol. The molecule has 0 aliphatic carbocycles. The van der Waals surface area contributed by atoms with Crippen molar-refractivity contribution in [2.45, 2.75) is 13.0 Å². The van der Waals surface area contributed by atoms with Crippen molar-refractivity contribution in [1.29, 1.82) is 0 Å². The monoisotopic (exact) mass is 296 g/mol. The predicted molar refractivity (Wildman–Crippen MR) is 87.2 cm³/mol. The van der Waals surface area contributed by atoms with Gasteiger partial charge in [0.15, 0.2) is 5.43 Å². The molecule has 3 aromatic rings. The molecule has 1 unspecified atom stereocenters. The van der Waals surface area contributed by atoms with Crippen molar-refractivity contribution in [3.8, 4) is 11.3 Å². The number of nitrogens with two attached hydrogens (primary N) is 1. The van der Waals surface area contributed by atoms with Gasteiger partial charge in [-0.25, -0.2) is 4.39 Å². The van der Waals surface area contributed by atoms with Gasteiger partial charge in [0.1, 0.15) is 5.82 Å². The second kappa shape index (κ2) is 5.39. The third-order valence-electron chi connectivity index (χ3n) is 3.90. The lowest BCUT2D eigenvalue weighted by atomic mass is 9.97. The molecule has 0 amide bonds. The Morgan fingerprint density at radius 2 is 1.77 bits per heavy atom. The first-order valence-corrected chi connectivity index (χ1v) is 7.14. The average Bonchev–Trinajstić information content (AvgIpc) is 2.50. The van der Waals surface area contributed by atoms with E-state index in [0.29, 0.717) is 22.2 Å². The SMILES string of the molecule is CC(N)c1c(-c2ccccc2)n(C)c2c(F)cccc2c1=O. The maximum atomic E-state index is 14.3. The summed E-state index contributed by atoms with van der Waals surface area (Å²) in [6.45, 7) is 1.77. The third kappa shape index (κ3) is 2.12. The van der Waals surface area contributed by atoms with Crippen LogP contribution in [0.5, 0.6) is 0 Å². The van der Waals surface area contributed by atoms with E-state index in [0.717, 1.165) is 5.56 Å². The van der Waals surface area contributed by atoms with Gasteiger partial charge in [-0.1, -0.05) is 36.4 Å². The maximum absolute atomic E-state index is 14.3. The number of rotatable bonds is 2. The molecule has 3 rings (SSSR count). The summed E-state index contributed by atoms with van der Waals surface area (Å²) in [6.07, 6.45) is 0. The number of hydrogen-bond donors (Lipinski definition) is 1. The molecule has 0 bridgehead atoms. The van der Waals surface area contributed by atoms with Gasteiger partial charge in [0.25, 0.3) is 0 Å². The molecule has 0 fully saturated rings. The Morgan fingerprint density at radius 3 is 2.41 bits per heavy atom. The standard InChI is InChI=1S/C18H17FN2O/c1-11(20)15-16(12-7-4-3-5-8-12)21(2)17-13(18(15)22)9-6-10-14(17)19/h3-11H,20H2,1-2H3. The van der Waals surface area contributed by atoms with Gasteiger partial charge in [-0.15, -0.1) is 0 Å². The number of fused-ring (bicyclic) bond motifs is 1. The summed E-state index contributed by atoms with van der Waals surface area (Å²) in [5.74, 6) is -0.412. The van der Waals surface area contributed by atoms with Crippen LogP contribution in [0.4, 0.5) is 4.39 Å². The van der Waals surface area contributed by atoms with Crippen molar-refractivity contribution in [3.05, 3.63) is 70.1 Å². The average molecular weight is 296 g/mol. The Bertz CT molecular complexity index is 898. The van der Waals surface area contributed by atoms with Crippen LogP contribution >= 0.6 is 0 Å². The lowest BCUT2D eigenvalue weighted by Crippen LogP contribution is -2.23. The molecule has 1 atom stereocenters. The molecule has 0 saturated heterocycles. The van der Waals surface area contributed by atoms with Gasteiger partial charge in [-0.3, -0.25) is 4.79 Å². The molecule has 112 valence electrons. The van der Waals surface area contributed by atoms with E-state index in [1.54, 1.807) is 30.7 Å². The highest BCUT2D eigenvalue weighted by atomic mass is 19.1. The molecule has 0 spiro atoms. The molecule has 0 saturated carbocycles. The van der Waals surface area contributed by atoms with Crippen LogP contribution < -0.4 is 11.2 Å². The molecule has 0 aliphatic rings. The molecule has 0 radical (unpaired) electrons. The minimum Gasteiger partial charge on any atom is -0.341 e. The van der Waals surface area contributed by atoms with Gasteiger partial charge in [0.05, 0.1) is 11.2 Å². The molecule has 4 heteroatoms. The van der Waals surface area contributed by atoms with Crippen LogP contribution in [0, 0.1) is 5.82 Å². The van der Waals surface area contributed by atoms with E-state index < -0.39 is 11.9 Å². The highest BCUT2D eigenvalue weighted by Gasteiger charge is 2.20. The number of para-hydroxylation sites is 1. The number of halogens is 1. The number of benzene rings is 2. The third-order valence-corrected chi connectivity index (χ3v) is 3.90. The molecule has 1 aromatic heterocycles. The summed E-state index contributed by atoms with van der Waals surface area (Å²) < 4.78 is 16.0. The first-order chi connectivity index (χ1) is 10.5. The van der Waals surface area contributed by atoms with Gasteiger partial charge in [0.2, 0.25) is 0 Å². The minimum absolute atomic E-state index is 0.207. The minimum atomic E-state index is -0.443. The van der Waals surface area contributed by atoms with Gasteiger partial charge in [-0.2, -0.15) is 0 Å². The van der Waals surface area contributed by atoms with E-state index in [1.807, 2.05) is 30.3 Å². The van der Waals surface area contributed by atoms with Gasteiger partial charge in [-0.05, 0) is 24.6 Å². The second-order valence-corrected chi connectivity index (χ2v) is 5.44.